The zero-order valence-corrected chi connectivity index (χ0v) is 9.94. The number of thiophene rings is 1. The molecule has 0 saturated heterocycles. The van der Waals surface area contributed by atoms with Gasteiger partial charge in [-0.25, -0.2) is 0 Å². The van der Waals surface area contributed by atoms with Crippen LogP contribution in [0.2, 0.25) is 0 Å². The average Bonchev–Trinajstić information content (AvgIpc) is 2.91. The third kappa shape index (κ3) is 2.69. The van der Waals surface area contributed by atoms with Crippen molar-refractivity contribution in [1.82, 2.24) is 15.1 Å². The summed E-state index contributed by atoms with van der Waals surface area (Å²) < 4.78 is 1.74. The Bertz CT molecular complexity index is 424. The Morgan fingerprint density at radius 3 is 3.06 bits per heavy atom. The molecule has 1 unspecified atom stereocenters. The van der Waals surface area contributed by atoms with Gasteiger partial charge >= 0.3 is 0 Å². The Hall–Kier alpha value is -1.17. The summed E-state index contributed by atoms with van der Waals surface area (Å²) in [7, 11) is 1.87. The van der Waals surface area contributed by atoms with Crippen LogP contribution in [-0.2, 0) is 13.6 Å². The lowest BCUT2D eigenvalue weighted by Crippen LogP contribution is -2.23. The van der Waals surface area contributed by atoms with E-state index in [2.05, 4.69) is 27.2 Å². The fourth-order valence-corrected chi connectivity index (χ4v) is 2.21. The van der Waals surface area contributed by atoms with Gasteiger partial charge in [0.1, 0.15) is 0 Å². The summed E-state index contributed by atoms with van der Waals surface area (Å²) in [5.41, 5.74) is 2.26. The number of aliphatic hydroxyl groups is 1. The van der Waals surface area contributed by atoms with Gasteiger partial charge in [0, 0.05) is 25.4 Å². The molecule has 2 heterocycles. The summed E-state index contributed by atoms with van der Waals surface area (Å²) >= 11 is 1.68. The molecule has 0 aliphatic carbocycles. The first-order valence-corrected chi connectivity index (χ1v) is 6.07. The minimum atomic E-state index is -0.0476. The van der Waals surface area contributed by atoms with Gasteiger partial charge in [-0.05, 0) is 22.4 Å². The second-order valence-corrected chi connectivity index (χ2v) is 4.48. The second-order valence-electron chi connectivity index (χ2n) is 3.69. The highest BCUT2D eigenvalue weighted by atomic mass is 32.1. The lowest BCUT2D eigenvalue weighted by molar-refractivity contribution is 0.243. The van der Waals surface area contributed by atoms with Crippen molar-refractivity contribution < 1.29 is 5.11 Å². The molecule has 16 heavy (non-hydrogen) atoms. The molecule has 1 atom stereocenters. The minimum Gasteiger partial charge on any atom is -0.394 e. The zero-order chi connectivity index (χ0) is 11.4. The van der Waals surface area contributed by atoms with Crippen LogP contribution >= 0.6 is 11.3 Å². The lowest BCUT2D eigenvalue weighted by Gasteiger charge is -2.13. The molecule has 0 aromatic carbocycles. The monoisotopic (exact) mass is 237 g/mol. The molecule has 5 heteroatoms. The standard InChI is InChI=1S/C11H15N3OS/c1-14-6-10(5-13-14)11(7-15)12-4-9-2-3-16-8-9/h2-3,5-6,8,11-12,15H,4,7H2,1H3. The van der Waals surface area contributed by atoms with Crippen molar-refractivity contribution in [3.63, 3.8) is 0 Å². The van der Waals surface area contributed by atoms with Crippen LogP contribution in [0.4, 0.5) is 0 Å². The largest absolute Gasteiger partial charge is 0.394 e. The van der Waals surface area contributed by atoms with E-state index in [1.165, 1.54) is 5.56 Å². The molecule has 4 nitrogen and oxygen atoms in total. The Kier molecular flexibility index (Phi) is 3.71. The number of nitrogens with one attached hydrogen (secondary N) is 1. The number of aryl methyl sites for hydroxylation is 1. The van der Waals surface area contributed by atoms with E-state index in [1.807, 2.05) is 13.2 Å². The van der Waals surface area contributed by atoms with Crippen LogP contribution in [0, 0.1) is 0 Å². The molecule has 0 radical (unpaired) electrons. The normalized spacial score (nSPS) is 12.9. The van der Waals surface area contributed by atoms with Crippen molar-refractivity contribution in [2.45, 2.75) is 12.6 Å². The zero-order valence-electron chi connectivity index (χ0n) is 9.13. The van der Waals surface area contributed by atoms with Crippen molar-refractivity contribution in [2.75, 3.05) is 6.61 Å². The van der Waals surface area contributed by atoms with Crippen LogP contribution in [-0.4, -0.2) is 21.5 Å². The molecule has 0 fully saturated rings. The first kappa shape index (κ1) is 11.3. The summed E-state index contributed by atoms with van der Waals surface area (Å²) in [5, 5.41) is 20.9. The fraction of sp³-hybridized carbons (Fsp3) is 0.364. The van der Waals surface area contributed by atoms with Crippen LogP contribution in [0.15, 0.2) is 29.2 Å². The van der Waals surface area contributed by atoms with E-state index in [4.69, 9.17) is 0 Å². The van der Waals surface area contributed by atoms with Gasteiger partial charge in [-0.15, -0.1) is 0 Å². The maximum atomic E-state index is 9.32. The molecular formula is C11H15N3OS. The molecule has 0 aliphatic heterocycles. The van der Waals surface area contributed by atoms with Crippen LogP contribution in [0.5, 0.6) is 0 Å². The molecule has 0 aliphatic rings. The van der Waals surface area contributed by atoms with Gasteiger partial charge in [0.15, 0.2) is 0 Å². The first-order valence-electron chi connectivity index (χ1n) is 5.13. The van der Waals surface area contributed by atoms with E-state index in [0.29, 0.717) is 0 Å². The predicted molar refractivity (Wildman–Crippen MR) is 64.2 cm³/mol. The van der Waals surface area contributed by atoms with Crippen molar-refractivity contribution >= 4 is 11.3 Å². The third-order valence-electron chi connectivity index (χ3n) is 2.44. The van der Waals surface area contributed by atoms with E-state index in [9.17, 15) is 5.11 Å². The molecule has 86 valence electrons. The maximum absolute atomic E-state index is 9.32. The summed E-state index contributed by atoms with van der Waals surface area (Å²) in [6.07, 6.45) is 3.70. The van der Waals surface area contributed by atoms with E-state index >= 15 is 0 Å². The van der Waals surface area contributed by atoms with Gasteiger partial charge in [-0.1, -0.05) is 0 Å². The van der Waals surface area contributed by atoms with Crippen LogP contribution in [0.3, 0.4) is 0 Å². The quantitative estimate of drug-likeness (QED) is 0.824. The minimum absolute atomic E-state index is 0.0476. The Balaban J connectivity index is 1.96. The lowest BCUT2D eigenvalue weighted by atomic mass is 10.1. The molecule has 0 spiro atoms. The third-order valence-corrected chi connectivity index (χ3v) is 3.17. The average molecular weight is 237 g/mol. The number of aliphatic hydroxyl groups excluding tert-OH is 1. The molecule has 0 saturated carbocycles. The highest BCUT2D eigenvalue weighted by Gasteiger charge is 2.11. The number of hydrogen-bond acceptors (Lipinski definition) is 4. The summed E-state index contributed by atoms with van der Waals surface area (Å²) in [6.45, 7) is 0.847. The summed E-state index contributed by atoms with van der Waals surface area (Å²) in [5.74, 6) is 0. The van der Waals surface area contributed by atoms with Crippen LogP contribution in [0.25, 0.3) is 0 Å². The van der Waals surface area contributed by atoms with Gasteiger partial charge in [0.05, 0.1) is 18.8 Å². The number of rotatable bonds is 5. The topological polar surface area (TPSA) is 50.1 Å². The fourth-order valence-electron chi connectivity index (χ4n) is 1.54. The molecule has 0 bridgehead atoms. The number of hydrogen-bond donors (Lipinski definition) is 2. The van der Waals surface area contributed by atoms with E-state index in [-0.39, 0.29) is 12.6 Å². The van der Waals surface area contributed by atoms with Crippen LogP contribution < -0.4 is 5.32 Å². The smallest absolute Gasteiger partial charge is 0.0627 e. The van der Waals surface area contributed by atoms with E-state index < -0.39 is 0 Å². The highest BCUT2D eigenvalue weighted by molar-refractivity contribution is 7.07. The Labute approximate surface area is 98.5 Å². The molecule has 0 amide bonds. The SMILES string of the molecule is Cn1cc(C(CO)NCc2ccsc2)cn1. The van der Waals surface area contributed by atoms with Gasteiger partial charge in [-0.2, -0.15) is 16.4 Å². The highest BCUT2D eigenvalue weighted by Crippen LogP contribution is 2.13. The predicted octanol–water partition coefficient (Wildman–Crippen LogP) is 1.30. The van der Waals surface area contributed by atoms with Gasteiger partial charge in [0.2, 0.25) is 0 Å². The van der Waals surface area contributed by atoms with Crippen LogP contribution in [0.1, 0.15) is 17.2 Å². The Morgan fingerprint density at radius 1 is 1.62 bits per heavy atom. The maximum Gasteiger partial charge on any atom is 0.0627 e. The molecule has 2 rings (SSSR count). The molecular weight excluding hydrogens is 222 g/mol. The van der Waals surface area contributed by atoms with Crippen molar-refractivity contribution in [2.24, 2.45) is 7.05 Å². The molecule has 2 N–H and O–H groups in total. The van der Waals surface area contributed by atoms with Gasteiger partial charge in [0.25, 0.3) is 0 Å². The van der Waals surface area contributed by atoms with E-state index in [0.717, 1.165) is 12.1 Å². The van der Waals surface area contributed by atoms with Gasteiger partial charge < -0.3 is 10.4 Å². The van der Waals surface area contributed by atoms with Crippen molar-refractivity contribution in [3.05, 3.63) is 40.3 Å². The number of nitrogens with zero attached hydrogens (tertiary/aromatic N) is 2. The van der Waals surface area contributed by atoms with Crippen molar-refractivity contribution in [3.8, 4) is 0 Å². The molecule has 2 aromatic rings. The summed E-state index contributed by atoms with van der Waals surface area (Å²) in [6, 6.07) is 2.03. The first-order chi connectivity index (χ1) is 7.79. The second kappa shape index (κ2) is 5.25. The Morgan fingerprint density at radius 2 is 2.50 bits per heavy atom. The molecule has 2 aromatic heterocycles. The van der Waals surface area contributed by atoms with Gasteiger partial charge in [-0.3, -0.25) is 4.68 Å². The summed E-state index contributed by atoms with van der Waals surface area (Å²) in [4.78, 5) is 0. The van der Waals surface area contributed by atoms with Crippen molar-refractivity contribution in [1.29, 1.82) is 0 Å². The number of aromatic nitrogens is 2. The van der Waals surface area contributed by atoms with E-state index in [1.54, 1.807) is 22.2 Å².